The third-order valence-corrected chi connectivity index (χ3v) is 3.74. The molecule has 100 valence electrons. The lowest BCUT2D eigenvalue weighted by Crippen LogP contribution is -2.09. The van der Waals surface area contributed by atoms with Crippen LogP contribution in [0.2, 0.25) is 0 Å². The van der Waals surface area contributed by atoms with Gasteiger partial charge in [-0.15, -0.1) is 0 Å². The van der Waals surface area contributed by atoms with E-state index in [1.165, 1.54) is 5.56 Å². The molecule has 0 fully saturated rings. The molecule has 19 heavy (non-hydrogen) atoms. The molecule has 0 radical (unpaired) electrons. The van der Waals surface area contributed by atoms with Gasteiger partial charge in [0.2, 0.25) is 0 Å². The lowest BCUT2D eigenvalue weighted by Gasteiger charge is -2.23. The number of benzene rings is 1. The van der Waals surface area contributed by atoms with E-state index in [2.05, 4.69) is 43.1 Å². The molecule has 0 aliphatic carbocycles. The average Bonchev–Trinajstić information content (AvgIpc) is 2.49. The molecule has 0 amide bonds. The molecule has 0 saturated heterocycles. The number of methoxy groups -OCH3 is 1. The molecule has 2 nitrogen and oxygen atoms in total. The van der Waals surface area contributed by atoms with E-state index in [0.29, 0.717) is 11.8 Å². The standard InChI is InChI=1S/C17H21NO/c1-4-16(13(2)17-7-5-6-12-18-17)14-8-10-15(19-3)11-9-14/h5-13,16H,4H2,1-3H3/t13-,16-/m1/s1. The largest absolute Gasteiger partial charge is 0.497 e. The minimum atomic E-state index is 0.416. The van der Waals surface area contributed by atoms with Gasteiger partial charge in [0.05, 0.1) is 7.11 Å². The maximum atomic E-state index is 5.22. The number of rotatable bonds is 5. The predicted molar refractivity (Wildman–Crippen MR) is 78.7 cm³/mol. The fourth-order valence-corrected chi connectivity index (χ4v) is 2.58. The Hall–Kier alpha value is -1.83. The van der Waals surface area contributed by atoms with Gasteiger partial charge in [-0.2, -0.15) is 0 Å². The second kappa shape index (κ2) is 6.37. The van der Waals surface area contributed by atoms with Crippen molar-refractivity contribution in [3.05, 3.63) is 59.9 Å². The van der Waals surface area contributed by atoms with Crippen LogP contribution in [-0.4, -0.2) is 12.1 Å². The normalized spacial score (nSPS) is 13.8. The van der Waals surface area contributed by atoms with Gasteiger partial charge in [-0.05, 0) is 42.2 Å². The van der Waals surface area contributed by atoms with Crippen LogP contribution in [0, 0.1) is 0 Å². The van der Waals surface area contributed by atoms with Crippen molar-refractivity contribution in [2.75, 3.05) is 7.11 Å². The molecule has 0 unspecified atom stereocenters. The number of nitrogens with zero attached hydrogens (tertiary/aromatic N) is 1. The van der Waals surface area contributed by atoms with Crippen molar-refractivity contribution in [1.29, 1.82) is 0 Å². The number of aromatic nitrogens is 1. The van der Waals surface area contributed by atoms with Crippen molar-refractivity contribution in [3.63, 3.8) is 0 Å². The van der Waals surface area contributed by atoms with Crippen molar-refractivity contribution in [1.82, 2.24) is 4.98 Å². The third-order valence-electron chi connectivity index (χ3n) is 3.74. The Morgan fingerprint density at radius 3 is 2.37 bits per heavy atom. The van der Waals surface area contributed by atoms with Crippen LogP contribution in [0.3, 0.4) is 0 Å². The highest BCUT2D eigenvalue weighted by atomic mass is 16.5. The molecule has 2 aromatic rings. The molecule has 0 aliphatic rings. The number of hydrogen-bond acceptors (Lipinski definition) is 2. The smallest absolute Gasteiger partial charge is 0.118 e. The predicted octanol–water partition coefficient (Wildman–Crippen LogP) is 4.39. The van der Waals surface area contributed by atoms with Gasteiger partial charge < -0.3 is 4.74 Å². The zero-order chi connectivity index (χ0) is 13.7. The SMILES string of the molecule is CC[C@@H](c1ccc(OC)cc1)[C@@H](C)c1ccccn1. The maximum Gasteiger partial charge on any atom is 0.118 e. The van der Waals surface area contributed by atoms with Crippen LogP contribution >= 0.6 is 0 Å². The van der Waals surface area contributed by atoms with Gasteiger partial charge in [0.25, 0.3) is 0 Å². The van der Waals surface area contributed by atoms with Crippen LogP contribution in [0.4, 0.5) is 0 Å². The van der Waals surface area contributed by atoms with Gasteiger partial charge in [0, 0.05) is 17.8 Å². The molecule has 2 heteroatoms. The Morgan fingerprint density at radius 2 is 1.84 bits per heavy atom. The van der Waals surface area contributed by atoms with E-state index in [1.807, 2.05) is 24.4 Å². The molecule has 1 aromatic heterocycles. The second-order valence-corrected chi connectivity index (χ2v) is 4.83. The summed E-state index contributed by atoms with van der Waals surface area (Å²) >= 11 is 0. The van der Waals surface area contributed by atoms with E-state index >= 15 is 0 Å². The van der Waals surface area contributed by atoms with Crippen molar-refractivity contribution in [2.45, 2.75) is 32.1 Å². The van der Waals surface area contributed by atoms with E-state index in [1.54, 1.807) is 7.11 Å². The fourth-order valence-electron chi connectivity index (χ4n) is 2.58. The molecular formula is C17H21NO. The van der Waals surface area contributed by atoms with Crippen LogP contribution in [0.5, 0.6) is 5.75 Å². The zero-order valence-electron chi connectivity index (χ0n) is 11.8. The van der Waals surface area contributed by atoms with Gasteiger partial charge >= 0.3 is 0 Å². The molecule has 1 aromatic carbocycles. The number of ether oxygens (including phenoxy) is 1. The molecular weight excluding hydrogens is 234 g/mol. The van der Waals surface area contributed by atoms with Crippen LogP contribution in [0.25, 0.3) is 0 Å². The highest BCUT2D eigenvalue weighted by Gasteiger charge is 2.20. The zero-order valence-corrected chi connectivity index (χ0v) is 11.8. The summed E-state index contributed by atoms with van der Waals surface area (Å²) in [5.41, 5.74) is 2.51. The molecule has 2 atom stereocenters. The Kier molecular flexibility index (Phi) is 4.56. The molecule has 0 spiro atoms. The van der Waals surface area contributed by atoms with Gasteiger partial charge in [0.15, 0.2) is 0 Å². The van der Waals surface area contributed by atoms with Crippen molar-refractivity contribution < 1.29 is 4.74 Å². The summed E-state index contributed by atoms with van der Waals surface area (Å²) in [5.74, 6) is 1.81. The fraction of sp³-hybridized carbons (Fsp3) is 0.353. The summed E-state index contributed by atoms with van der Waals surface area (Å²) in [5, 5.41) is 0. The van der Waals surface area contributed by atoms with Crippen molar-refractivity contribution in [2.24, 2.45) is 0 Å². The highest BCUT2D eigenvalue weighted by Crippen LogP contribution is 2.34. The maximum absolute atomic E-state index is 5.22. The Bertz CT molecular complexity index is 492. The number of pyridine rings is 1. The first-order valence-corrected chi connectivity index (χ1v) is 6.81. The van der Waals surface area contributed by atoms with Crippen LogP contribution in [0.15, 0.2) is 48.7 Å². The molecule has 0 bridgehead atoms. The summed E-state index contributed by atoms with van der Waals surface area (Å²) < 4.78 is 5.22. The lowest BCUT2D eigenvalue weighted by atomic mass is 9.83. The lowest BCUT2D eigenvalue weighted by molar-refractivity contribution is 0.414. The minimum Gasteiger partial charge on any atom is -0.497 e. The molecule has 1 heterocycles. The topological polar surface area (TPSA) is 22.1 Å². The van der Waals surface area contributed by atoms with Crippen LogP contribution < -0.4 is 4.74 Å². The van der Waals surface area contributed by atoms with E-state index in [0.717, 1.165) is 17.9 Å². The quantitative estimate of drug-likeness (QED) is 0.790. The Labute approximate surface area is 115 Å². The first kappa shape index (κ1) is 13.6. The summed E-state index contributed by atoms with van der Waals surface area (Å²) in [4.78, 5) is 4.48. The summed E-state index contributed by atoms with van der Waals surface area (Å²) in [6, 6.07) is 14.5. The average molecular weight is 255 g/mol. The van der Waals surface area contributed by atoms with Gasteiger partial charge in [-0.3, -0.25) is 4.98 Å². The van der Waals surface area contributed by atoms with E-state index in [9.17, 15) is 0 Å². The monoisotopic (exact) mass is 255 g/mol. The molecule has 0 saturated carbocycles. The third kappa shape index (κ3) is 3.14. The Balaban J connectivity index is 2.23. The van der Waals surface area contributed by atoms with Gasteiger partial charge in [-0.25, -0.2) is 0 Å². The van der Waals surface area contributed by atoms with Gasteiger partial charge in [-0.1, -0.05) is 32.0 Å². The summed E-state index contributed by atoms with van der Waals surface area (Å²) in [7, 11) is 1.70. The first-order valence-electron chi connectivity index (χ1n) is 6.81. The van der Waals surface area contributed by atoms with Crippen LogP contribution in [0.1, 0.15) is 43.4 Å². The second-order valence-electron chi connectivity index (χ2n) is 4.83. The number of hydrogen-bond donors (Lipinski definition) is 0. The van der Waals surface area contributed by atoms with Crippen LogP contribution in [-0.2, 0) is 0 Å². The minimum absolute atomic E-state index is 0.416. The van der Waals surface area contributed by atoms with E-state index in [-0.39, 0.29) is 0 Å². The summed E-state index contributed by atoms with van der Waals surface area (Å²) in [6.45, 7) is 4.48. The van der Waals surface area contributed by atoms with Crippen molar-refractivity contribution in [3.8, 4) is 5.75 Å². The first-order chi connectivity index (χ1) is 9.26. The molecule has 0 N–H and O–H groups in total. The van der Waals surface area contributed by atoms with E-state index < -0.39 is 0 Å². The van der Waals surface area contributed by atoms with Crippen molar-refractivity contribution >= 4 is 0 Å². The molecule has 2 rings (SSSR count). The van der Waals surface area contributed by atoms with E-state index in [4.69, 9.17) is 4.74 Å². The Morgan fingerprint density at radius 1 is 1.11 bits per heavy atom. The highest BCUT2D eigenvalue weighted by molar-refractivity contribution is 5.31. The summed E-state index contributed by atoms with van der Waals surface area (Å²) in [6.07, 6.45) is 2.97. The van der Waals surface area contributed by atoms with Gasteiger partial charge in [0.1, 0.15) is 5.75 Å². The molecule has 0 aliphatic heterocycles.